The van der Waals surface area contributed by atoms with Crippen molar-refractivity contribution in [3.8, 4) is 0 Å². The summed E-state index contributed by atoms with van der Waals surface area (Å²) < 4.78 is 1.00. The van der Waals surface area contributed by atoms with Gasteiger partial charge in [-0.15, -0.1) is 0 Å². The van der Waals surface area contributed by atoms with Gasteiger partial charge in [0, 0.05) is 0 Å². The Morgan fingerprint density at radius 1 is 0.833 bits per heavy atom. The van der Waals surface area contributed by atoms with Crippen molar-refractivity contribution in [1.29, 1.82) is 0 Å². The van der Waals surface area contributed by atoms with E-state index in [1.54, 1.807) is 0 Å². The normalized spacial score (nSPS) is 10.0. The van der Waals surface area contributed by atoms with E-state index in [0.29, 0.717) is 0 Å². The van der Waals surface area contributed by atoms with Crippen LogP contribution in [-0.4, -0.2) is 102 Å². The van der Waals surface area contributed by atoms with Crippen LogP contribution in [0.2, 0.25) is 0 Å². The molecule has 0 aromatic carbocycles. The van der Waals surface area contributed by atoms with E-state index < -0.39 is 0 Å². The predicted molar refractivity (Wildman–Crippen MR) is 31.1 cm³/mol. The van der Waals surface area contributed by atoms with Gasteiger partial charge in [0.1, 0.15) is 0 Å². The van der Waals surface area contributed by atoms with Crippen LogP contribution in [0.25, 0.3) is 0 Å². The number of hydrogen-bond donors (Lipinski definition) is 0. The molecule has 0 unspecified atom stereocenters. The van der Waals surface area contributed by atoms with Crippen molar-refractivity contribution >= 4 is 68.9 Å². The third kappa shape index (κ3) is 37.3. The van der Waals surface area contributed by atoms with Crippen molar-refractivity contribution < 1.29 is 4.48 Å². The van der Waals surface area contributed by atoms with E-state index in [-0.39, 0.29) is 68.9 Å². The summed E-state index contributed by atoms with van der Waals surface area (Å²) in [4.78, 5) is 0. The second kappa shape index (κ2) is 3.95. The molecule has 0 saturated heterocycles. The SMILES string of the molecule is C[N+](C)(C)C.[CsH]. The van der Waals surface area contributed by atoms with Crippen LogP contribution in [0.1, 0.15) is 0 Å². The van der Waals surface area contributed by atoms with E-state index in [1.807, 2.05) is 0 Å². The van der Waals surface area contributed by atoms with E-state index in [2.05, 4.69) is 28.2 Å². The first-order valence-electron chi connectivity index (χ1n) is 1.79. The Hall–Kier alpha value is 2.01. The van der Waals surface area contributed by atoms with Gasteiger partial charge < -0.3 is 4.48 Å². The number of nitrogens with zero attached hydrogens (tertiary/aromatic N) is 1. The Bertz CT molecular complexity index is 23.0. The van der Waals surface area contributed by atoms with Gasteiger partial charge >= 0.3 is 68.9 Å². The molecule has 6 heavy (non-hydrogen) atoms. The molecule has 0 aliphatic rings. The molecule has 0 rings (SSSR count). The first kappa shape index (κ1) is 10.9. The van der Waals surface area contributed by atoms with Crippen LogP contribution in [0, 0.1) is 0 Å². The molecule has 0 aromatic rings. The topological polar surface area (TPSA) is 0 Å². The molecular formula is C4H13CsN+. The molecule has 0 N–H and O–H groups in total. The fraction of sp³-hybridized carbons (Fsp3) is 1.00. The van der Waals surface area contributed by atoms with Crippen molar-refractivity contribution in [2.24, 2.45) is 0 Å². The molecule has 0 radical (unpaired) electrons. The third-order valence-corrected chi connectivity index (χ3v) is 0. The zero-order chi connectivity index (χ0) is 4.50. The van der Waals surface area contributed by atoms with Crippen LogP contribution in [-0.2, 0) is 0 Å². The Morgan fingerprint density at radius 3 is 0.833 bits per heavy atom. The van der Waals surface area contributed by atoms with Crippen molar-refractivity contribution in [1.82, 2.24) is 0 Å². The summed E-state index contributed by atoms with van der Waals surface area (Å²) in [6.07, 6.45) is 0. The molecule has 0 aromatic heterocycles. The Kier molecular flexibility index (Phi) is 7.17. The molecule has 0 bridgehead atoms. The van der Waals surface area contributed by atoms with Gasteiger partial charge in [0.15, 0.2) is 0 Å². The third-order valence-electron chi connectivity index (χ3n) is 0. The molecule has 34 valence electrons. The molecule has 0 saturated carbocycles. The standard InChI is InChI=1S/C4H12N.Cs.H/c1-5(2,3)4;;/h1-4H3;;/q+1;;. The molecule has 2 heteroatoms. The van der Waals surface area contributed by atoms with Crippen molar-refractivity contribution in [2.75, 3.05) is 28.2 Å². The van der Waals surface area contributed by atoms with Gasteiger partial charge in [-0.05, 0) is 0 Å². The monoisotopic (exact) mass is 208 g/mol. The maximum atomic E-state index is 2.12. The molecule has 0 amide bonds. The van der Waals surface area contributed by atoms with E-state index >= 15 is 0 Å². The Labute approximate surface area is 99.1 Å². The first-order valence-corrected chi connectivity index (χ1v) is 1.79. The summed E-state index contributed by atoms with van der Waals surface area (Å²) in [6, 6.07) is 0. The summed E-state index contributed by atoms with van der Waals surface area (Å²) in [5.74, 6) is 0. The van der Waals surface area contributed by atoms with Gasteiger partial charge in [-0.1, -0.05) is 0 Å². The fourth-order valence-corrected chi connectivity index (χ4v) is 0. The fourth-order valence-electron chi connectivity index (χ4n) is 0. The summed E-state index contributed by atoms with van der Waals surface area (Å²) in [5.41, 5.74) is 0. The molecule has 0 spiro atoms. The summed E-state index contributed by atoms with van der Waals surface area (Å²) in [7, 11) is 8.50. The first-order chi connectivity index (χ1) is 2.00. The van der Waals surface area contributed by atoms with Crippen molar-refractivity contribution in [3.63, 3.8) is 0 Å². The van der Waals surface area contributed by atoms with Crippen molar-refractivity contribution in [2.45, 2.75) is 0 Å². The Morgan fingerprint density at radius 2 is 0.833 bits per heavy atom. The van der Waals surface area contributed by atoms with Crippen LogP contribution < -0.4 is 0 Å². The molecule has 0 aliphatic carbocycles. The van der Waals surface area contributed by atoms with Crippen LogP contribution in [0.15, 0.2) is 0 Å². The second-order valence-corrected chi connectivity index (χ2v) is 2.68. The zero-order valence-electron chi connectivity index (χ0n) is 4.45. The van der Waals surface area contributed by atoms with Gasteiger partial charge in [0.25, 0.3) is 0 Å². The van der Waals surface area contributed by atoms with Crippen LogP contribution in [0.3, 0.4) is 0 Å². The molecule has 0 fully saturated rings. The molecular weight excluding hydrogens is 195 g/mol. The predicted octanol–water partition coefficient (Wildman–Crippen LogP) is -0.326. The van der Waals surface area contributed by atoms with Gasteiger partial charge in [-0.2, -0.15) is 0 Å². The van der Waals surface area contributed by atoms with E-state index in [4.69, 9.17) is 0 Å². The average molecular weight is 208 g/mol. The quantitative estimate of drug-likeness (QED) is 0.478. The number of quaternary nitrogens is 1. The van der Waals surface area contributed by atoms with Gasteiger partial charge in [0.05, 0.1) is 28.2 Å². The average Bonchev–Trinajstić information content (AvgIpc) is 0.722. The van der Waals surface area contributed by atoms with Crippen LogP contribution >= 0.6 is 0 Å². The second-order valence-electron chi connectivity index (χ2n) is 2.68. The van der Waals surface area contributed by atoms with Gasteiger partial charge in [0.2, 0.25) is 0 Å². The van der Waals surface area contributed by atoms with E-state index in [9.17, 15) is 0 Å². The van der Waals surface area contributed by atoms with Crippen molar-refractivity contribution in [3.05, 3.63) is 0 Å². The van der Waals surface area contributed by atoms with Gasteiger partial charge in [-0.3, -0.25) is 0 Å². The zero-order valence-corrected chi connectivity index (χ0v) is 4.45. The molecule has 0 aliphatic heterocycles. The number of rotatable bonds is 0. The Balaban J connectivity index is 0. The molecule has 0 atom stereocenters. The van der Waals surface area contributed by atoms with Gasteiger partial charge in [-0.25, -0.2) is 0 Å². The minimum atomic E-state index is 0. The summed E-state index contributed by atoms with van der Waals surface area (Å²) >= 11 is 0. The van der Waals surface area contributed by atoms with E-state index in [1.165, 1.54) is 0 Å². The van der Waals surface area contributed by atoms with Crippen LogP contribution in [0.4, 0.5) is 0 Å². The molecule has 1 nitrogen and oxygen atoms in total. The maximum absolute atomic E-state index is 2.12. The number of hydrogen-bond acceptors (Lipinski definition) is 0. The summed E-state index contributed by atoms with van der Waals surface area (Å²) in [5, 5.41) is 0. The summed E-state index contributed by atoms with van der Waals surface area (Å²) in [6.45, 7) is 0. The van der Waals surface area contributed by atoms with Crippen LogP contribution in [0.5, 0.6) is 0 Å². The molecule has 0 heterocycles. The van der Waals surface area contributed by atoms with E-state index in [0.717, 1.165) is 4.48 Å². The minimum absolute atomic E-state index is 0.